The first-order valence-corrected chi connectivity index (χ1v) is 11.9. The van der Waals surface area contributed by atoms with Gasteiger partial charge in [-0.2, -0.15) is 0 Å². The summed E-state index contributed by atoms with van der Waals surface area (Å²) in [5.41, 5.74) is 0.185. The number of nitrogens with one attached hydrogen (secondary N) is 2. The van der Waals surface area contributed by atoms with Gasteiger partial charge in [0.15, 0.2) is 0 Å². The maximum atomic E-state index is 13.2. The van der Waals surface area contributed by atoms with Gasteiger partial charge in [0.05, 0.1) is 16.5 Å². The molecule has 0 bridgehead atoms. The monoisotopic (exact) mass is 486 g/mol. The quantitative estimate of drug-likeness (QED) is 0.412. The van der Waals surface area contributed by atoms with Crippen LogP contribution in [0.3, 0.4) is 0 Å². The van der Waals surface area contributed by atoms with Gasteiger partial charge in [-0.3, -0.25) is 10.1 Å². The lowest BCUT2D eigenvalue weighted by Crippen LogP contribution is -2.48. The first-order valence-electron chi connectivity index (χ1n) is 11.5. The van der Waals surface area contributed by atoms with E-state index in [1.54, 1.807) is 25.1 Å². The lowest BCUT2D eigenvalue weighted by atomic mass is 9.72. The van der Waals surface area contributed by atoms with Crippen LogP contribution in [0.15, 0.2) is 48.5 Å². The highest BCUT2D eigenvalue weighted by Gasteiger charge is 2.44. The van der Waals surface area contributed by atoms with Crippen LogP contribution < -0.4 is 10.1 Å². The number of benzene rings is 2. The smallest absolute Gasteiger partial charge is 0.414 e. The molecule has 2 aromatic rings. The second kappa shape index (κ2) is 12.0. The number of carbonyl (C=O) groups excluding carboxylic acids is 2. The maximum Gasteiger partial charge on any atom is 0.414 e. The molecule has 2 atom stereocenters. The van der Waals surface area contributed by atoms with Gasteiger partial charge in [0.25, 0.3) is 0 Å². The lowest BCUT2D eigenvalue weighted by molar-refractivity contribution is -0.130. The summed E-state index contributed by atoms with van der Waals surface area (Å²) >= 11 is 6.49. The molecule has 1 fully saturated rings. The molecule has 0 saturated heterocycles. The summed E-state index contributed by atoms with van der Waals surface area (Å²) in [7, 11) is 0. The highest BCUT2D eigenvalue weighted by molar-refractivity contribution is 6.32. The number of hydrogen-bond donors (Lipinski definition) is 3. The van der Waals surface area contributed by atoms with E-state index in [-0.39, 0.29) is 6.42 Å². The molecule has 1 unspecified atom stereocenters. The normalized spacial score (nSPS) is 16.7. The molecule has 0 heterocycles. The van der Waals surface area contributed by atoms with Crippen molar-refractivity contribution >= 4 is 29.8 Å². The number of carbonyl (C=O) groups is 2. The van der Waals surface area contributed by atoms with Gasteiger partial charge >= 0.3 is 6.09 Å². The Morgan fingerprint density at radius 1 is 1.18 bits per heavy atom. The Morgan fingerprint density at radius 2 is 1.88 bits per heavy atom. The average Bonchev–Trinajstić information content (AvgIpc) is 2.79. The third-order valence-electron chi connectivity index (χ3n) is 6.03. The summed E-state index contributed by atoms with van der Waals surface area (Å²) in [6.07, 6.45) is 3.36. The van der Waals surface area contributed by atoms with Crippen molar-refractivity contribution in [2.45, 2.75) is 69.7 Å². The highest BCUT2D eigenvalue weighted by atomic mass is 35.5. The zero-order valence-corrected chi connectivity index (χ0v) is 20.0. The molecule has 34 heavy (non-hydrogen) atoms. The molecule has 2 aromatic carbocycles. The third kappa shape index (κ3) is 6.81. The van der Waals surface area contributed by atoms with Gasteiger partial charge in [-0.25, -0.2) is 4.79 Å². The Morgan fingerprint density at radius 3 is 2.53 bits per heavy atom. The number of halogens is 1. The summed E-state index contributed by atoms with van der Waals surface area (Å²) in [6.45, 7) is 1.97. The highest BCUT2D eigenvalue weighted by Crippen LogP contribution is 2.42. The van der Waals surface area contributed by atoms with E-state index in [2.05, 4.69) is 5.32 Å². The first-order chi connectivity index (χ1) is 16.3. The molecule has 8 heteroatoms. The molecule has 0 radical (unpaired) electrons. The molecule has 1 aliphatic carbocycles. The number of rotatable bonds is 9. The van der Waals surface area contributed by atoms with E-state index in [9.17, 15) is 14.7 Å². The van der Waals surface area contributed by atoms with E-state index in [0.29, 0.717) is 35.8 Å². The zero-order valence-electron chi connectivity index (χ0n) is 19.3. The molecule has 1 saturated carbocycles. The van der Waals surface area contributed by atoms with Crippen LogP contribution in [0.25, 0.3) is 0 Å². The van der Waals surface area contributed by atoms with Crippen LogP contribution in [-0.4, -0.2) is 35.0 Å². The maximum absolute atomic E-state index is 13.2. The van der Waals surface area contributed by atoms with Gasteiger partial charge in [-0.1, -0.05) is 67.3 Å². The van der Waals surface area contributed by atoms with E-state index in [4.69, 9.17) is 26.5 Å². The van der Waals surface area contributed by atoms with Crippen molar-refractivity contribution in [2.75, 3.05) is 0 Å². The second-order valence-electron chi connectivity index (χ2n) is 8.71. The van der Waals surface area contributed by atoms with Crippen molar-refractivity contribution in [1.29, 1.82) is 5.41 Å². The molecule has 3 N–H and O–H groups in total. The van der Waals surface area contributed by atoms with Crippen LogP contribution in [-0.2, 0) is 16.1 Å². The van der Waals surface area contributed by atoms with Crippen LogP contribution in [0.5, 0.6) is 5.75 Å². The molecule has 2 amide bonds. The number of amides is 2. The summed E-state index contributed by atoms with van der Waals surface area (Å²) < 4.78 is 11.0. The van der Waals surface area contributed by atoms with Crippen molar-refractivity contribution in [2.24, 2.45) is 0 Å². The van der Waals surface area contributed by atoms with E-state index in [0.717, 1.165) is 31.0 Å². The number of imide groups is 1. The van der Waals surface area contributed by atoms with Gasteiger partial charge in [0.1, 0.15) is 18.5 Å². The van der Waals surface area contributed by atoms with Crippen LogP contribution in [0, 0.1) is 5.41 Å². The molecule has 182 valence electrons. The fourth-order valence-electron chi connectivity index (χ4n) is 4.31. The Hall–Kier alpha value is -2.90. The number of alkyl carbamates (subject to hydrolysis) is 1. The third-order valence-corrected chi connectivity index (χ3v) is 6.32. The summed E-state index contributed by atoms with van der Waals surface area (Å²) in [5, 5.41) is 21.1. The Labute approximate surface area is 204 Å². The van der Waals surface area contributed by atoms with Crippen molar-refractivity contribution in [3.8, 4) is 5.75 Å². The Balaban J connectivity index is 1.80. The molecule has 0 aliphatic heterocycles. The lowest BCUT2D eigenvalue weighted by Gasteiger charge is -2.38. The molecule has 0 spiro atoms. The predicted octanol–water partition coefficient (Wildman–Crippen LogP) is 5.38. The zero-order chi connectivity index (χ0) is 24.6. The van der Waals surface area contributed by atoms with E-state index >= 15 is 0 Å². The Kier molecular flexibility index (Phi) is 9.07. The minimum absolute atomic E-state index is 0.245. The standard InChI is InChI=1S/C26H31ClN2O5/c1-18(12-15-28)34-25(31)29-24(30)23(26(32)13-6-3-7-14-26)20-10-11-22(21(27)16-20)33-17-19-8-4-2-5-9-19/h2,4-5,8-11,15-16,18,23,28,32H,3,6-7,12-14,17H2,1H3,(H,29,30,31)/t18?,23-/m1/s1. The van der Waals surface area contributed by atoms with Gasteiger partial charge in [-0.15, -0.1) is 0 Å². The molecular weight excluding hydrogens is 456 g/mol. The number of ether oxygens (including phenoxy) is 2. The summed E-state index contributed by atoms with van der Waals surface area (Å²) in [6, 6.07) is 14.7. The molecular formula is C26H31ClN2O5. The van der Waals surface area contributed by atoms with Crippen LogP contribution >= 0.6 is 11.6 Å². The molecule has 3 rings (SSSR count). The van der Waals surface area contributed by atoms with E-state index in [1.165, 1.54) is 0 Å². The van der Waals surface area contributed by atoms with Gasteiger partial charge in [0.2, 0.25) is 5.91 Å². The van der Waals surface area contributed by atoms with E-state index < -0.39 is 29.6 Å². The van der Waals surface area contributed by atoms with Crippen molar-refractivity contribution in [3.63, 3.8) is 0 Å². The first kappa shape index (κ1) is 25.7. The second-order valence-corrected chi connectivity index (χ2v) is 9.11. The minimum Gasteiger partial charge on any atom is -0.487 e. The van der Waals surface area contributed by atoms with Crippen LogP contribution in [0.1, 0.15) is 62.5 Å². The minimum atomic E-state index is -1.31. The van der Waals surface area contributed by atoms with Crippen molar-refractivity contribution in [1.82, 2.24) is 5.32 Å². The summed E-state index contributed by atoms with van der Waals surface area (Å²) in [5.74, 6) is -1.19. The van der Waals surface area contributed by atoms with Gasteiger partial charge in [0, 0.05) is 6.42 Å². The predicted molar refractivity (Wildman–Crippen MR) is 130 cm³/mol. The summed E-state index contributed by atoms with van der Waals surface area (Å²) in [4.78, 5) is 25.5. The fourth-order valence-corrected chi connectivity index (χ4v) is 4.55. The number of aliphatic hydroxyl groups is 1. The number of hydrogen-bond acceptors (Lipinski definition) is 6. The average molecular weight is 487 g/mol. The van der Waals surface area contributed by atoms with Crippen LogP contribution in [0.2, 0.25) is 5.02 Å². The van der Waals surface area contributed by atoms with Gasteiger partial charge < -0.3 is 20.0 Å². The SMILES string of the molecule is CC(CC=N)OC(=O)NC(=O)[C@@H](c1ccc(OCc2ccccc2)c(Cl)c1)C1(O)CCCCC1. The van der Waals surface area contributed by atoms with Crippen LogP contribution in [0.4, 0.5) is 4.79 Å². The largest absolute Gasteiger partial charge is 0.487 e. The molecule has 1 aliphatic rings. The van der Waals surface area contributed by atoms with Gasteiger partial charge in [-0.05, 0) is 49.2 Å². The topological polar surface area (TPSA) is 109 Å². The Bertz CT molecular complexity index is 992. The fraction of sp³-hybridized carbons (Fsp3) is 0.423. The van der Waals surface area contributed by atoms with E-state index in [1.807, 2.05) is 30.3 Å². The van der Waals surface area contributed by atoms with Crippen molar-refractivity contribution < 1.29 is 24.2 Å². The van der Waals surface area contributed by atoms with Crippen molar-refractivity contribution in [3.05, 3.63) is 64.7 Å². The molecule has 0 aromatic heterocycles. The molecule has 7 nitrogen and oxygen atoms in total.